The van der Waals surface area contributed by atoms with Gasteiger partial charge in [-0.2, -0.15) is 0 Å². The normalized spacial score (nSPS) is 10.9. The van der Waals surface area contributed by atoms with Crippen molar-refractivity contribution in [3.05, 3.63) is 52.4 Å². The molecular formula is C14H12Cl2N4O2S. The molecule has 2 heterocycles. The number of ether oxygens (including phenoxy) is 1. The first kappa shape index (κ1) is 16.2. The van der Waals surface area contributed by atoms with E-state index < -0.39 is 0 Å². The molecule has 0 N–H and O–H groups in total. The number of tetrazole rings is 1. The number of rotatable bonds is 7. The molecule has 0 amide bonds. The smallest absolute Gasteiger partial charge is 0.209 e. The summed E-state index contributed by atoms with van der Waals surface area (Å²) in [4.78, 5) is 0. The zero-order valence-corrected chi connectivity index (χ0v) is 14.2. The molecule has 3 aromatic rings. The van der Waals surface area contributed by atoms with Crippen LogP contribution in [0.3, 0.4) is 0 Å². The van der Waals surface area contributed by atoms with Crippen LogP contribution in [0.4, 0.5) is 0 Å². The largest absolute Gasteiger partial charge is 0.491 e. The Balaban J connectivity index is 1.51. The third-order valence-corrected chi connectivity index (χ3v) is 4.32. The van der Waals surface area contributed by atoms with E-state index in [1.54, 1.807) is 29.1 Å². The molecule has 0 bridgehead atoms. The van der Waals surface area contributed by atoms with Gasteiger partial charge >= 0.3 is 0 Å². The first-order valence-corrected chi connectivity index (χ1v) is 8.46. The molecule has 120 valence electrons. The summed E-state index contributed by atoms with van der Waals surface area (Å²) in [6, 6.07) is 8.82. The Morgan fingerprint density at radius 2 is 2.17 bits per heavy atom. The van der Waals surface area contributed by atoms with Gasteiger partial charge in [0.15, 0.2) is 0 Å². The van der Waals surface area contributed by atoms with Gasteiger partial charge in [0.1, 0.15) is 18.1 Å². The average molecular weight is 371 g/mol. The lowest BCUT2D eigenvalue weighted by Gasteiger charge is -2.08. The zero-order valence-electron chi connectivity index (χ0n) is 11.9. The van der Waals surface area contributed by atoms with Crippen molar-refractivity contribution in [3.63, 3.8) is 0 Å². The Morgan fingerprint density at radius 3 is 3.00 bits per heavy atom. The van der Waals surface area contributed by atoms with Crippen molar-refractivity contribution in [2.24, 2.45) is 0 Å². The van der Waals surface area contributed by atoms with Gasteiger partial charge in [-0.05, 0) is 34.7 Å². The molecule has 9 heteroatoms. The van der Waals surface area contributed by atoms with Crippen molar-refractivity contribution in [2.45, 2.75) is 11.7 Å². The molecule has 0 aliphatic rings. The van der Waals surface area contributed by atoms with Crippen LogP contribution in [0.1, 0.15) is 5.76 Å². The van der Waals surface area contributed by atoms with Crippen LogP contribution >= 0.6 is 35.0 Å². The minimum absolute atomic E-state index is 0.457. The van der Waals surface area contributed by atoms with Crippen LogP contribution in [0.25, 0.3) is 0 Å². The highest BCUT2D eigenvalue weighted by Crippen LogP contribution is 2.28. The first-order chi connectivity index (χ1) is 11.2. The monoisotopic (exact) mass is 370 g/mol. The third kappa shape index (κ3) is 4.40. The van der Waals surface area contributed by atoms with Gasteiger partial charge in [-0.3, -0.25) is 0 Å². The fourth-order valence-corrected chi connectivity index (χ4v) is 2.85. The van der Waals surface area contributed by atoms with E-state index in [0.717, 1.165) is 5.76 Å². The lowest BCUT2D eigenvalue weighted by Crippen LogP contribution is -2.05. The van der Waals surface area contributed by atoms with Gasteiger partial charge in [0.05, 0.1) is 17.9 Å². The number of halogens is 2. The average Bonchev–Trinajstić information content (AvgIpc) is 3.20. The lowest BCUT2D eigenvalue weighted by molar-refractivity contribution is 0.344. The van der Waals surface area contributed by atoms with Crippen LogP contribution in [0.15, 0.2) is 46.2 Å². The molecule has 6 nitrogen and oxygen atoms in total. The maximum Gasteiger partial charge on any atom is 0.209 e. The molecule has 0 fully saturated rings. The van der Waals surface area contributed by atoms with E-state index in [1.165, 1.54) is 11.8 Å². The van der Waals surface area contributed by atoms with Gasteiger partial charge in [0.2, 0.25) is 5.16 Å². The maximum atomic E-state index is 6.04. The number of aromatic nitrogens is 4. The van der Waals surface area contributed by atoms with Crippen molar-refractivity contribution >= 4 is 35.0 Å². The molecule has 0 saturated carbocycles. The quantitative estimate of drug-likeness (QED) is 0.465. The number of hydrogen-bond acceptors (Lipinski definition) is 6. The Labute approximate surface area is 146 Å². The Kier molecular flexibility index (Phi) is 5.43. The molecule has 0 atom stereocenters. The maximum absolute atomic E-state index is 6.04. The van der Waals surface area contributed by atoms with Crippen molar-refractivity contribution in [3.8, 4) is 5.75 Å². The molecule has 0 radical (unpaired) electrons. The summed E-state index contributed by atoms with van der Waals surface area (Å²) in [6.07, 6.45) is 1.62. The van der Waals surface area contributed by atoms with Gasteiger partial charge in [-0.25, -0.2) is 4.68 Å². The van der Waals surface area contributed by atoms with Crippen LogP contribution < -0.4 is 4.74 Å². The van der Waals surface area contributed by atoms with Crippen LogP contribution in [-0.4, -0.2) is 32.6 Å². The summed E-state index contributed by atoms with van der Waals surface area (Å²) in [5.74, 6) is 2.03. The van der Waals surface area contributed by atoms with Gasteiger partial charge < -0.3 is 9.15 Å². The predicted octanol–water partition coefficient (Wildman–Crippen LogP) is 3.79. The number of furan rings is 1. The number of benzene rings is 1. The van der Waals surface area contributed by atoms with E-state index in [1.807, 2.05) is 12.1 Å². The lowest BCUT2D eigenvalue weighted by atomic mass is 10.3. The second-order valence-corrected chi connectivity index (χ2v) is 6.38. The van der Waals surface area contributed by atoms with Crippen LogP contribution in [0, 0.1) is 0 Å². The zero-order chi connectivity index (χ0) is 16.1. The summed E-state index contributed by atoms with van der Waals surface area (Å²) in [5, 5.41) is 13.4. The van der Waals surface area contributed by atoms with Gasteiger partial charge in [0.25, 0.3) is 0 Å². The van der Waals surface area contributed by atoms with E-state index in [9.17, 15) is 0 Å². The van der Waals surface area contributed by atoms with Crippen molar-refractivity contribution < 1.29 is 9.15 Å². The molecular weight excluding hydrogens is 359 g/mol. The van der Waals surface area contributed by atoms with Crippen LogP contribution in [0.5, 0.6) is 5.75 Å². The van der Waals surface area contributed by atoms with E-state index >= 15 is 0 Å². The Hall–Kier alpha value is -1.70. The highest BCUT2D eigenvalue weighted by Gasteiger charge is 2.09. The van der Waals surface area contributed by atoms with Gasteiger partial charge in [0, 0.05) is 16.8 Å². The molecule has 0 unspecified atom stereocenters. The minimum Gasteiger partial charge on any atom is -0.491 e. The summed E-state index contributed by atoms with van der Waals surface area (Å²) in [7, 11) is 0. The topological polar surface area (TPSA) is 66.0 Å². The van der Waals surface area contributed by atoms with E-state index in [0.29, 0.717) is 39.9 Å². The molecule has 23 heavy (non-hydrogen) atoms. The molecule has 0 aliphatic heterocycles. The Morgan fingerprint density at radius 1 is 1.26 bits per heavy atom. The number of hydrogen-bond donors (Lipinski definition) is 0. The molecule has 2 aromatic heterocycles. The summed E-state index contributed by atoms with van der Waals surface area (Å²) >= 11 is 13.4. The first-order valence-electron chi connectivity index (χ1n) is 6.71. The van der Waals surface area contributed by atoms with Gasteiger partial charge in [-0.1, -0.05) is 35.0 Å². The summed E-state index contributed by atoms with van der Waals surface area (Å²) in [6.45, 7) is 0.946. The van der Waals surface area contributed by atoms with Gasteiger partial charge in [-0.15, -0.1) is 5.10 Å². The second-order valence-electron chi connectivity index (χ2n) is 4.47. The van der Waals surface area contributed by atoms with Crippen molar-refractivity contribution in [1.82, 2.24) is 20.2 Å². The van der Waals surface area contributed by atoms with E-state index in [2.05, 4.69) is 15.5 Å². The van der Waals surface area contributed by atoms with Crippen molar-refractivity contribution in [2.75, 3.05) is 12.4 Å². The van der Waals surface area contributed by atoms with E-state index in [-0.39, 0.29) is 0 Å². The molecule has 3 rings (SSSR count). The highest BCUT2D eigenvalue weighted by atomic mass is 35.5. The Bertz CT molecular complexity index is 764. The standard InChI is InChI=1S/C14H12Cl2N4O2S/c15-10-3-4-12(16)13(8-10)22-6-7-23-14-17-18-19-20(14)9-11-2-1-5-21-11/h1-5,8H,6-7,9H2. The fourth-order valence-electron chi connectivity index (χ4n) is 1.82. The summed E-state index contributed by atoms with van der Waals surface area (Å²) in [5.41, 5.74) is 0. The highest BCUT2D eigenvalue weighted by molar-refractivity contribution is 7.99. The second kappa shape index (κ2) is 7.72. The minimum atomic E-state index is 0.457. The van der Waals surface area contributed by atoms with Crippen LogP contribution in [-0.2, 0) is 6.54 Å². The SMILES string of the molecule is Clc1ccc(Cl)c(OCCSc2nnnn2Cc2ccco2)c1. The molecule has 0 saturated heterocycles. The summed E-state index contributed by atoms with van der Waals surface area (Å²) < 4.78 is 12.6. The molecule has 0 spiro atoms. The fraction of sp³-hybridized carbons (Fsp3) is 0.214. The molecule has 1 aromatic carbocycles. The number of nitrogens with zero attached hydrogens (tertiary/aromatic N) is 4. The van der Waals surface area contributed by atoms with E-state index in [4.69, 9.17) is 32.4 Å². The number of thioether (sulfide) groups is 1. The molecule has 0 aliphatic carbocycles. The van der Waals surface area contributed by atoms with Crippen LogP contribution in [0.2, 0.25) is 10.0 Å². The van der Waals surface area contributed by atoms with Crippen molar-refractivity contribution in [1.29, 1.82) is 0 Å². The predicted molar refractivity (Wildman–Crippen MR) is 88.3 cm³/mol. The third-order valence-electron chi connectivity index (χ3n) is 2.85.